The van der Waals surface area contributed by atoms with Crippen LogP contribution in [0.5, 0.6) is 5.75 Å². The highest BCUT2D eigenvalue weighted by Crippen LogP contribution is 2.25. The third-order valence-electron chi connectivity index (χ3n) is 1.82. The van der Waals surface area contributed by atoms with Crippen LogP contribution in [0.25, 0.3) is 0 Å². The van der Waals surface area contributed by atoms with E-state index < -0.39 is 25.2 Å². The van der Waals surface area contributed by atoms with Gasteiger partial charge in [-0.15, -0.1) is 0 Å². The molecule has 0 spiro atoms. The number of halogens is 4. The van der Waals surface area contributed by atoms with Gasteiger partial charge in [-0.3, -0.25) is 4.79 Å². The third-order valence-corrected chi connectivity index (χ3v) is 2.06. The third kappa shape index (κ3) is 5.13. The van der Waals surface area contributed by atoms with E-state index in [1.165, 1.54) is 18.2 Å². The number of nitrogens with one attached hydrogen (secondary N) is 1. The molecule has 4 nitrogen and oxygen atoms in total. The van der Waals surface area contributed by atoms with Crippen molar-refractivity contribution in [1.82, 2.24) is 5.32 Å². The molecule has 0 aliphatic carbocycles. The van der Waals surface area contributed by atoms with Crippen LogP contribution in [0, 0.1) is 0 Å². The first kappa shape index (κ1) is 14.4. The smallest absolute Gasteiger partial charge is 0.405 e. The number of hydrogen-bond donors (Lipinski definition) is 2. The highest BCUT2D eigenvalue weighted by atomic mass is 35.5. The van der Waals surface area contributed by atoms with Crippen LogP contribution in [0.15, 0.2) is 18.2 Å². The number of benzene rings is 1. The molecular weight excluding hydrogens is 273 g/mol. The maximum Gasteiger partial charge on any atom is 0.405 e. The molecule has 1 aromatic rings. The Morgan fingerprint density at radius 2 is 2.11 bits per heavy atom. The standard InChI is InChI=1S/C10H10ClF3N2O2/c11-6-1-2-7(15)8(3-6)18-4-9(17)16-5-10(12,13)14/h1-3H,4-5,15H2,(H,16,17). The Bertz CT molecular complexity index is 438. The zero-order valence-electron chi connectivity index (χ0n) is 9.05. The number of nitrogens with two attached hydrogens (primary N) is 1. The Morgan fingerprint density at radius 1 is 1.44 bits per heavy atom. The van der Waals surface area contributed by atoms with Crippen LogP contribution in [-0.2, 0) is 4.79 Å². The van der Waals surface area contributed by atoms with Gasteiger partial charge in [0.1, 0.15) is 12.3 Å². The zero-order valence-corrected chi connectivity index (χ0v) is 9.81. The molecule has 0 heterocycles. The molecule has 18 heavy (non-hydrogen) atoms. The minimum absolute atomic E-state index is 0.143. The summed E-state index contributed by atoms with van der Waals surface area (Å²) in [5, 5.41) is 2.01. The zero-order chi connectivity index (χ0) is 13.8. The van der Waals surface area contributed by atoms with Gasteiger partial charge in [-0.05, 0) is 12.1 Å². The summed E-state index contributed by atoms with van der Waals surface area (Å²) in [6, 6.07) is 4.35. The van der Waals surface area contributed by atoms with Crippen LogP contribution in [-0.4, -0.2) is 25.2 Å². The number of nitrogen functional groups attached to an aromatic ring is 1. The van der Waals surface area contributed by atoms with Crippen LogP contribution in [0.3, 0.4) is 0 Å². The maximum atomic E-state index is 11.8. The molecule has 1 aromatic carbocycles. The number of ether oxygens (including phenoxy) is 1. The van der Waals surface area contributed by atoms with E-state index in [0.29, 0.717) is 5.02 Å². The molecule has 0 fully saturated rings. The van der Waals surface area contributed by atoms with Crippen LogP contribution in [0.1, 0.15) is 0 Å². The SMILES string of the molecule is Nc1ccc(Cl)cc1OCC(=O)NCC(F)(F)F. The Hall–Kier alpha value is -1.63. The van der Waals surface area contributed by atoms with Crippen LogP contribution >= 0.6 is 11.6 Å². The van der Waals surface area contributed by atoms with Crippen molar-refractivity contribution in [2.75, 3.05) is 18.9 Å². The van der Waals surface area contributed by atoms with Crippen LogP contribution < -0.4 is 15.8 Å². The van der Waals surface area contributed by atoms with Crippen molar-refractivity contribution < 1.29 is 22.7 Å². The molecule has 0 unspecified atom stereocenters. The fraction of sp³-hybridized carbons (Fsp3) is 0.300. The second-order valence-corrected chi connectivity index (χ2v) is 3.80. The van der Waals surface area contributed by atoms with Crippen molar-refractivity contribution in [3.05, 3.63) is 23.2 Å². The largest absolute Gasteiger partial charge is 0.482 e. The molecule has 0 bridgehead atoms. The summed E-state index contributed by atoms with van der Waals surface area (Å²) in [4.78, 5) is 11.0. The summed E-state index contributed by atoms with van der Waals surface area (Å²) >= 11 is 5.67. The van der Waals surface area contributed by atoms with Crippen molar-refractivity contribution >= 4 is 23.2 Å². The molecule has 0 saturated heterocycles. The van der Waals surface area contributed by atoms with Crippen LogP contribution in [0.2, 0.25) is 5.02 Å². The minimum atomic E-state index is -4.45. The molecular formula is C10H10ClF3N2O2. The van der Waals surface area contributed by atoms with Crippen LogP contribution in [0.4, 0.5) is 18.9 Å². The molecule has 0 atom stereocenters. The topological polar surface area (TPSA) is 64.3 Å². The minimum Gasteiger partial charge on any atom is -0.482 e. The Labute approximate surface area is 106 Å². The van der Waals surface area contributed by atoms with Crippen molar-refractivity contribution in [2.45, 2.75) is 6.18 Å². The molecule has 1 rings (SSSR count). The predicted octanol–water partition coefficient (Wildman–Crippen LogP) is 1.98. The fourth-order valence-electron chi connectivity index (χ4n) is 1.03. The van der Waals surface area contributed by atoms with Gasteiger partial charge < -0.3 is 15.8 Å². The van der Waals surface area contributed by atoms with E-state index in [0.717, 1.165) is 0 Å². The Morgan fingerprint density at radius 3 is 2.72 bits per heavy atom. The van der Waals surface area contributed by atoms with Gasteiger partial charge in [-0.25, -0.2) is 0 Å². The highest BCUT2D eigenvalue weighted by molar-refractivity contribution is 6.30. The van der Waals surface area contributed by atoms with E-state index in [1.54, 1.807) is 5.32 Å². The first-order valence-electron chi connectivity index (χ1n) is 4.79. The van der Waals surface area contributed by atoms with E-state index in [2.05, 4.69) is 0 Å². The average Bonchev–Trinajstić information content (AvgIpc) is 2.26. The van der Waals surface area contributed by atoms with E-state index in [1.807, 2.05) is 0 Å². The van der Waals surface area contributed by atoms with Gasteiger partial charge in [0.15, 0.2) is 6.61 Å². The number of amides is 1. The summed E-state index contributed by atoms with van der Waals surface area (Å²) in [6.07, 6.45) is -4.45. The van der Waals surface area contributed by atoms with Gasteiger partial charge in [0.05, 0.1) is 5.69 Å². The van der Waals surface area contributed by atoms with Gasteiger partial charge in [0.2, 0.25) is 0 Å². The molecule has 8 heteroatoms. The summed E-state index contributed by atoms with van der Waals surface area (Å²) in [6.45, 7) is -1.97. The Kier molecular flexibility index (Phi) is 4.66. The summed E-state index contributed by atoms with van der Waals surface area (Å²) in [7, 11) is 0. The second-order valence-electron chi connectivity index (χ2n) is 3.36. The normalized spacial score (nSPS) is 11.1. The lowest BCUT2D eigenvalue weighted by molar-refractivity contribution is -0.139. The van der Waals surface area contributed by atoms with Crippen molar-refractivity contribution in [3.63, 3.8) is 0 Å². The quantitative estimate of drug-likeness (QED) is 0.830. The second kappa shape index (κ2) is 5.81. The van der Waals surface area contributed by atoms with Gasteiger partial charge in [-0.1, -0.05) is 11.6 Å². The van der Waals surface area contributed by atoms with Gasteiger partial charge in [0, 0.05) is 11.1 Å². The van der Waals surface area contributed by atoms with Gasteiger partial charge in [0.25, 0.3) is 5.91 Å². The molecule has 0 aromatic heterocycles. The van der Waals surface area contributed by atoms with Crippen molar-refractivity contribution in [2.24, 2.45) is 0 Å². The predicted molar refractivity (Wildman–Crippen MR) is 60.4 cm³/mol. The average molecular weight is 283 g/mol. The molecule has 0 aliphatic rings. The maximum absolute atomic E-state index is 11.8. The fourth-order valence-corrected chi connectivity index (χ4v) is 1.19. The molecule has 0 radical (unpaired) electrons. The van der Waals surface area contributed by atoms with Crippen molar-refractivity contribution in [3.8, 4) is 5.75 Å². The van der Waals surface area contributed by atoms with Gasteiger partial charge >= 0.3 is 6.18 Å². The number of anilines is 1. The molecule has 1 amide bonds. The number of hydrogen-bond acceptors (Lipinski definition) is 3. The molecule has 3 N–H and O–H groups in total. The van der Waals surface area contributed by atoms with Gasteiger partial charge in [-0.2, -0.15) is 13.2 Å². The van der Waals surface area contributed by atoms with E-state index in [-0.39, 0.29) is 11.4 Å². The lowest BCUT2D eigenvalue weighted by atomic mass is 10.3. The van der Waals surface area contributed by atoms with E-state index >= 15 is 0 Å². The lowest BCUT2D eigenvalue weighted by Crippen LogP contribution is -2.36. The number of alkyl halides is 3. The number of rotatable bonds is 4. The molecule has 100 valence electrons. The number of carbonyl (C=O) groups excluding carboxylic acids is 1. The van der Waals surface area contributed by atoms with E-state index in [9.17, 15) is 18.0 Å². The lowest BCUT2D eigenvalue weighted by Gasteiger charge is -2.10. The first-order chi connectivity index (χ1) is 8.28. The van der Waals surface area contributed by atoms with Crippen molar-refractivity contribution in [1.29, 1.82) is 0 Å². The Balaban J connectivity index is 2.45. The van der Waals surface area contributed by atoms with E-state index in [4.69, 9.17) is 22.1 Å². The molecule has 0 saturated carbocycles. The first-order valence-corrected chi connectivity index (χ1v) is 5.17. The monoisotopic (exact) mass is 282 g/mol. The summed E-state index contributed by atoms with van der Waals surface area (Å²) in [5.74, 6) is -0.753. The molecule has 0 aliphatic heterocycles. The summed E-state index contributed by atoms with van der Waals surface area (Å²) < 4.78 is 40.4. The summed E-state index contributed by atoms with van der Waals surface area (Å²) in [5.41, 5.74) is 5.76. The highest BCUT2D eigenvalue weighted by Gasteiger charge is 2.27. The number of carbonyl (C=O) groups is 1.